The zero-order valence-corrected chi connectivity index (χ0v) is 11.8. The van der Waals surface area contributed by atoms with Crippen molar-refractivity contribution in [3.8, 4) is 0 Å². The number of hydrogen-bond donors (Lipinski definition) is 1. The van der Waals surface area contributed by atoms with Gasteiger partial charge >= 0.3 is 0 Å². The Morgan fingerprint density at radius 1 is 1.32 bits per heavy atom. The van der Waals surface area contributed by atoms with Gasteiger partial charge in [0.1, 0.15) is 0 Å². The third-order valence-corrected chi connectivity index (χ3v) is 4.41. The summed E-state index contributed by atoms with van der Waals surface area (Å²) in [5.41, 5.74) is 2.33. The van der Waals surface area contributed by atoms with E-state index in [1.54, 1.807) is 0 Å². The van der Waals surface area contributed by atoms with E-state index in [1.165, 1.54) is 51.1 Å². The van der Waals surface area contributed by atoms with Gasteiger partial charge in [-0.1, -0.05) is 6.42 Å². The topological polar surface area (TPSA) is 31.4 Å². The third kappa shape index (κ3) is 3.07. The smallest absolute Gasteiger partial charge is 0.0564 e. The second-order valence-electron chi connectivity index (χ2n) is 5.71. The zero-order valence-electron chi connectivity index (χ0n) is 11.8. The molecule has 4 nitrogen and oxygen atoms in total. The van der Waals surface area contributed by atoms with Crippen LogP contribution in [0.2, 0.25) is 0 Å². The van der Waals surface area contributed by atoms with Crippen molar-refractivity contribution in [3.05, 3.63) is 24.0 Å². The molecule has 0 aliphatic carbocycles. The number of rotatable bonds is 3. The lowest BCUT2D eigenvalue weighted by Crippen LogP contribution is -2.54. The monoisotopic (exact) mass is 260 g/mol. The quantitative estimate of drug-likeness (QED) is 0.898. The summed E-state index contributed by atoms with van der Waals surface area (Å²) in [5.74, 6) is 0. The van der Waals surface area contributed by atoms with E-state index in [0.29, 0.717) is 0 Å². The molecule has 1 atom stereocenters. The van der Waals surface area contributed by atoms with Gasteiger partial charge in [-0.25, -0.2) is 0 Å². The summed E-state index contributed by atoms with van der Waals surface area (Å²) < 4.78 is 0. The molecule has 0 spiro atoms. The molecule has 2 aliphatic heterocycles. The first-order valence-corrected chi connectivity index (χ1v) is 7.44. The van der Waals surface area contributed by atoms with Crippen molar-refractivity contribution in [3.63, 3.8) is 0 Å². The Morgan fingerprint density at radius 2 is 2.26 bits per heavy atom. The highest BCUT2D eigenvalue weighted by Crippen LogP contribution is 2.22. The number of hydrogen-bond acceptors (Lipinski definition) is 4. The summed E-state index contributed by atoms with van der Waals surface area (Å²) in [5, 5.41) is 3.18. The van der Waals surface area contributed by atoms with E-state index in [9.17, 15) is 0 Å². The molecule has 2 saturated heterocycles. The fourth-order valence-electron chi connectivity index (χ4n) is 3.31. The van der Waals surface area contributed by atoms with E-state index >= 15 is 0 Å². The number of nitrogens with zero attached hydrogens (tertiary/aromatic N) is 3. The van der Waals surface area contributed by atoms with Crippen LogP contribution >= 0.6 is 0 Å². The SMILES string of the molecule is CNc1ccnc(CN2CCN3CCCCC3C2)c1. The van der Waals surface area contributed by atoms with Crippen molar-refractivity contribution < 1.29 is 0 Å². The molecular weight excluding hydrogens is 236 g/mol. The molecule has 1 aromatic heterocycles. The summed E-state index contributed by atoms with van der Waals surface area (Å²) in [6.45, 7) is 5.93. The first-order valence-electron chi connectivity index (χ1n) is 7.44. The van der Waals surface area contributed by atoms with Crippen molar-refractivity contribution in [1.29, 1.82) is 0 Å². The van der Waals surface area contributed by atoms with Crippen LogP contribution in [0.5, 0.6) is 0 Å². The lowest BCUT2D eigenvalue weighted by Gasteiger charge is -2.44. The number of piperazine rings is 1. The highest BCUT2D eigenvalue weighted by Gasteiger charge is 2.28. The highest BCUT2D eigenvalue weighted by atomic mass is 15.3. The predicted octanol–water partition coefficient (Wildman–Crippen LogP) is 1.79. The Kier molecular flexibility index (Phi) is 3.99. The number of anilines is 1. The lowest BCUT2D eigenvalue weighted by atomic mass is 9.99. The van der Waals surface area contributed by atoms with Crippen LogP contribution in [-0.2, 0) is 6.54 Å². The van der Waals surface area contributed by atoms with Gasteiger partial charge in [0.15, 0.2) is 0 Å². The number of fused-ring (bicyclic) bond motifs is 1. The summed E-state index contributed by atoms with van der Waals surface area (Å²) >= 11 is 0. The van der Waals surface area contributed by atoms with E-state index in [0.717, 1.165) is 18.3 Å². The van der Waals surface area contributed by atoms with Crippen LogP contribution in [0.25, 0.3) is 0 Å². The second kappa shape index (κ2) is 5.88. The normalized spacial score (nSPS) is 25.0. The molecular formula is C15H24N4. The summed E-state index contributed by atoms with van der Waals surface area (Å²) in [7, 11) is 1.96. The Hall–Kier alpha value is -1.13. The summed E-state index contributed by atoms with van der Waals surface area (Å²) in [4.78, 5) is 9.73. The van der Waals surface area contributed by atoms with Crippen molar-refractivity contribution in [2.24, 2.45) is 0 Å². The molecule has 0 amide bonds. The van der Waals surface area contributed by atoms with E-state index < -0.39 is 0 Å². The van der Waals surface area contributed by atoms with Crippen molar-refractivity contribution in [2.45, 2.75) is 31.8 Å². The maximum atomic E-state index is 4.49. The molecule has 104 valence electrons. The Bertz CT molecular complexity index is 420. The van der Waals surface area contributed by atoms with Crippen LogP contribution in [0.3, 0.4) is 0 Å². The fraction of sp³-hybridized carbons (Fsp3) is 0.667. The molecule has 4 heteroatoms. The molecule has 0 radical (unpaired) electrons. The van der Waals surface area contributed by atoms with Gasteiger partial charge < -0.3 is 5.32 Å². The van der Waals surface area contributed by atoms with Gasteiger partial charge in [0.05, 0.1) is 5.69 Å². The van der Waals surface area contributed by atoms with Gasteiger partial charge in [-0.15, -0.1) is 0 Å². The minimum absolute atomic E-state index is 0.787. The van der Waals surface area contributed by atoms with Gasteiger partial charge in [0, 0.05) is 51.2 Å². The van der Waals surface area contributed by atoms with Gasteiger partial charge in [-0.3, -0.25) is 14.8 Å². The Labute approximate surface area is 115 Å². The molecule has 3 heterocycles. The molecule has 2 fully saturated rings. The second-order valence-corrected chi connectivity index (χ2v) is 5.71. The maximum absolute atomic E-state index is 4.49. The molecule has 1 aromatic rings. The van der Waals surface area contributed by atoms with E-state index in [1.807, 2.05) is 19.3 Å². The van der Waals surface area contributed by atoms with E-state index in [4.69, 9.17) is 0 Å². The van der Waals surface area contributed by atoms with Crippen LogP contribution in [0.1, 0.15) is 25.0 Å². The minimum Gasteiger partial charge on any atom is -0.388 e. The fourth-order valence-corrected chi connectivity index (χ4v) is 3.31. The number of piperidine rings is 1. The van der Waals surface area contributed by atoms with E-state index in [2.05, 4.69) is 26.2 Å². The van der Waals surface area contributed by atoms with Gasteiger partial charge in [0.2, 0.25) is 0 Å². The standard InChI is InChI=1S/C15H24N4/c1-16-13-5-6-17-14(10-13)11-18-8-9-19-7-3-2-4-15(19)12-18/h5-6,10,15H,2-4,7-9,11-12H2,1H3,(H,16,17). The number of aromatic nitrogens is 1. The molecule has 1 unspecified atom stereocenters. The molecule has 19 heavy (non-hydrogen) atoms. The van der Waals surface area contributed by atoms with Crippen LogP contribution in [0.15, 0.2) is 18.3 Å². The van der Waals surface area contributed by atoms with E-state index in [-0.39, 0.29) is 0 Å². The highest BCUT2D eigenvalue weighted by molar-refractivity contribution is 5.42. The number of pyridine rings is 1. The first-order chi connectivity index (χ1) is 9.35. The first kappa shape index (κ1) is 12.9. The number of nitrogens with one attached hydrogen (secondary N) is 1. The van der Waals surface area contributed by atoms with Crippen LogP contribution in [-0.4, -0.2) is 54.1 Å². The summed E-state index contributed by atoms with van der Waals surface area (Å²) in [6, 6.07) is 4.96. The van der Waals surface area contributed by atoms with Crippen molar-refractivity contribution in [1.82, 2.24) is 14.8 Å². The van der Waals surface area contributed by atoms with Gasteiger partial charge in [-0.2, -0.15) is 0 Å². The maximum Gasteiger partial charge on any atom is 0.0564 e. The van der Waals surface area contributed by atoms with Crippen molar-refractivity contribution in [2.75, 3.05) is 38.5 Å². The minimum atomic E-state index is 0.787. The van der Waals surface area contributed by atoms with Crippen LogP contribution in [0.4, 0.5) is 5.69 Å². The molecule has 0 bridgehead atoms. The average Bonchev–Trinajstić information content (AvgIpc) is 2.47. The Balaban J connectivity index is 1.60. The van der Waals surface area contributed by atoms with Gasteiger partial charge in [0.25, 0.3) is 0 Å². The Morgan fingerprint density at radius 3 is 3.16 bits per heavy atom. The molecule has 0 saturated carbocycles. The molecule has 0 aromatic carbocycles. The zero-order chi connectivity index (χ0) is 13.1. The molecule has 1 N–H and O–H groups in total. The van der Waals surface area contributed by atoms with Gasteiger partial charge in [-0.05, 0) is 31.5 Å². The molecule has 3 rings (SSSR count). The summed E-state index contributed by atoms with van der Waals surface area (Å²) in [6.07, 6.45) is 6.07. The predicted molar refractivity (Wildman–Crippen MR) is 78.3 cm³/mol. The van der Waals surface area contributed by atoms with Crippen molar-refractivity contribution >= 4 is 5.69 Å². The largest absolute Gasteiger partial charge is 0.388 e. The molecule has 2 aliphatic rings. The lowest BCUT2D eigenvalue weighted by molar-refractivity contribution is 0.0451. The van der Waals surface area contributed by atoms with Crippen LogP contribution < -0.4 is 5.32 Å². The van der Waals surface area contributed by atoms with Crippen LogP contribution in [0, 0.1) is 0 Å². The average molecular weight is 260 g/mol. The third-order valence-electron chi connectivity index (χ3n) is 4.41.